The molecule has 0 spiro atoms. The van der Waals surface area contributed by atoms with Crippen molar-refractivity contribution in [2.24, 2.45) is 5.92 Å². The van der Waals surface area contributed by atoms with E-state index >= 15 is 0 Å². The monoisotopic (exact) mass is 307 g/mol. The molecule has 1 amide bonds. The normalized spacial score (nSPS) is 18.4. The third kappa shape index (κ3) is 3.48. The summed E-state index contributed by atoms with van der Waals surface area (Å²) in [5.74, 6) is -1.15. The van der Waals surface area contributed by atoms with Crippen molar-refractivity contribution in [1.29, 1.82) is 0 Å². The van der Waals surface area contributed by atoms with Gasteiger partial charge in [-0.2, -0.15) is 5.10 Å². The molecular weight excluding hydrogens is 282 g/mol. The fourth-order valence-electron chi connectivity index (χ4n) is 2.96. The van der Waals surface area contributed by atoms with Crippen LogP contribution in [-0.2, 0) is 4.79 Å². The summed E-state index contributed by atoms with van der Waals surface area (Å²) in [6.07, 6.45) is 5.94. The molecule has 122 valence electrons. The van der Waals surface area contributed by atoms with E-state index in [2.05, 4.69) is 10.4 Å². The van der Waals surface area contributed by atoms with Crippen molar-refractivity contribution in [2.75, 3.05) is 0 Å². The molecule has 0 saturated heterocycles. The fourth-order valence-corrected chi connectivity index (χ4v) is 2.96. The van der Waals surface area contributed by atoms with Crippen molar-refractivity contribution in [3.63, 3.8) is 0 Å². The molecule has 1 aliphatic carbocycles. The van der Waals surface area contributed by atoms with Crippen LogP contribution in [0.5, 0.6) is 0 Å². The first-order valence-corrected chi connectivity index (χ1v) is 7.91. The number of rotatable bonds is 6. The lowest BCUT2D eigenvalue weighted by Gasteiger charge is -2.33. The van der Waals surface area contributed by atoms with E-state index in [0.29, 0.717) is 5.69 Å². The second-order valence-electron chi connectivity index (χ2n) is 6.70. The molecular formula is C16H25N3O3. The molecule has 1 aromatic rings. The second kappa shape index (κ2) is 6.50. The summed E-state index contributed by atoms with van der Waals surface area (Å²) in [5, 5.41) is 16.3. The lowest BCUT2D eigenvalue weighted by atomic mass is 9.85. The Bertz CT molecular complexity index is 547. The van der Waals surface area contributed by atoms with Gasteiger partial charge in [0.05, 0.1) is 18.0 Å². The quantitative estimate of drug-likeness (QED) is 0.846. The number of aliphatic carboxylic acids is 1. The Hall–Kier alpha value is -1.85. The van der Waals surface area contributed by atoms with Crippen LogP contribution in [0.3, 0.4) is 0 Å². The van der Waals surface area contributed by atoms with Gasteiger partial charge >= 0.3 is 5.97 Å². The van der Waals surface area contributed by atoms with Crippen LogP contribution in [-0.4, -0.2) is 32.3 Å². The lowest BCUT2D eigenvalue weighted by Crippen LogP contribution is -2.51. The second-order valence-corrected chi connectivity index (χ2v) is 6.70. The molecule has 0 radical (unpaired) electrons. The summed E-state index contributed by atoms with van der Waals surface area (Å²) in [6, 6.07) is 1.98. The molecule has 0 bridgehead atoms. The molecule has 6 nitrogen and oxygen atoms in total. The van der Waals surface area contributed by atoms with Gasteiger partial charge < -0.3 is 10.4 Å². The van der Waals surface area contributed by atoms with Crippen molar-refractivity contribution in [1.82, 2.24) is 15.1 Å². The predicted octanol–water partition coefficient (Wildman–Crippen LogP) is 2.62. The minimum absolute atomic E-state index is 0.00963. The molecule has 1 atom stereocenters. The van der Waals surface area contributed by atoms with Gasteiger partial charge in [0.2, 0.25) is 0 Å². The van der Waals surface area contributed by atoms with E-state index in [0.717, 1.165) is 25.7 Å². The standard InChI is InChI=1S/C16H25N3O3/c1-11(2)16(3,10-14(20)21)18-15(22)13-8-9-17-19(13)12-6-4-5-7-12/h8-9,11-12H,4-7,10H2,1-3H3,(H,18,22)(H,20,21). The van der Waals surface area contributed by atoms with Gasteiger partial charge in [0.15, 0.2) is 0 Å². The molecule has 22 heavy (non-hydrogen) atoms. The van der Waals surface area contributed by atoms with Crippen LogP contribution < -0.4 is 5.32 Å². The number of amides is 1. The zero-order valence-corrected chi connectivity index (χ0v) is 13.5. The van der Waals surface area contributed by atoms with E-state index in [1.54, 1.807) is 23.9 Å². The van der Waals surface area contributed by atoms with E-state index < -0.39 is 11.5 Å². The molecule has 1 fully saturated rings. The maximum Gasteiger partial charge on any atom is 0.305 e. The summed E-state index contributed by atoms with van der Waals surface area (Å²) in [7, 11) is 0. The van der Waals surface area contributed by atoms with Gasteiger partial charge in [0, 0.05) is 6.20 Å². The number of hydrogen-bond donors (Lipinski definition) is 2. The summed E-state index contributed by atoms with van der Waals surface area (Å²) in [6.45, 7) is 5.61. The summed E-state index contributed by atoms with van der Waals surface area (Å²) in [5.41, 5.74) is -0.266. The Morgan fingerprint density at radius 3 is 2.64 bits per heavy atom. The minimum Gasteiger partial charge on any atom is -0.481 e. The average molecular weight is 307 g/mol. The average Bonchev–Trinajstić information content (AvgIpc) is 3.08. The molecule has 2 rings (SSSR count). The van der Waals surface area contributed by atoms with Gasteiger partial charge in [0.25, 0.3) is 5.91 Å². The Morgan fingerprint density at radius 2 is 2.09 bits per heavy atom. The Morgan fingerprint density at radius 1 is 1.45 bits per heavy atom. The van der Waals surface area contributed by atoms with Crippen LogP contribution in [0.2, 0.25) is 0 Å². The Kier molecular flexibility index (Phi) is 4.88. The minimum atomic E-state index is -0.916. The number of nitrogens with one attached hydrogen (secondary N) is 1. The molecule has 1 aliphatic rings. The first-order chi connectivity index (χ1) is 10.3. The highest BCUT2D eigenvalue weighted by molar-refractivity contribution is 5.93. The Labute approximate surface area is 130 Å². The van der Waals surface area contributed by atoms with Crippen molar-refractivity contribution >= 4 is 11.9 Å². The van der Waals surface area contributed by atoms with Gasteiger partial charge in [0.1, 0.15) is 5.69 Å². The number of nitrogens with zero attached hydrogens (tertiary/aromatic N) is 2. The highest BCUT2D eigenvalue weighted by Gasteiger charge is 2.34. The number of carbonyl (C=O) groups is 2. The predicted molar refractivity (Wildman–Crippen MR) is 82.7 cm³/mol. The van der Waals surface area contributed by atoms with Crippen molar-refractivity contribution in [2.45, 2.75) is 64.5 Å². The van der Waals surface area contributed by atoms with Crippen molar-refractivity contribution < 1.29 is 14.7 Å². The molecule has 1 heterocycles. The number of hydrogen-bond acceptors (Lipinski definition) is 3. The van der Waals surface area contributed by atoms with Crippen LogP contribution in [0, 0.1) is 5.92 Å². The first-order valence-electron chi connectivity index (χ1n) is 7.91. The molecule has 0 aliphatic heterocycles. The van der Waals surface area contributed by atoms with E-state index in [4.69, 9.17) is 5.11 Å². The van der Waals surface area contributed by atoms with Crippen LogP contribution in [0.1, 0.15) is 69.4 Å². The van der Waals surface area contributed by atoms with Crippen LogP contribution in [0.4, 0.5) is 0 Å². The highest BCUT2D eigenvalue weighted by atomic mass is 16.4. The van der Waals surface area contributed by atoms with Gasteiger partial charge in [-0.3, -0.25) is 14.3 Å². The lowest BCUT2D eigenvalue weighted by molar-refractivity contribution is -0.138. The fraction of sp³-hybridized carbons (Fsp3) is 0.688. The third-order valence-corrected chi connectivity index (χ3v) is 4.77. The van der Waals surface area contributed by atoms with E-state index in [-0.39, 0.29) is 24.3 Å². The summed E-state index contributed by atoms with van der Waals surface area (Å²) < 4.78 is 1.80. The van der Waals surface area contributed by atoms with Gasteiger partial charge in [-0.25, -0.2) is 0 Å². The number of carboxylic acid groups (broad SMARTS) is 1. The zero-order valence-electron chi connectivity index (χ0n) is 13.5. The molecule has 0 aromatic carbocycles. The number of carboxylic acids is 1. The number of carbonyl (C=O) groups excluding carboxylic acids is 1. The van der Waals surface area contributed by atoms with Crippen molar-refractivity contribution in [3.8, 4) is 0 Å². The van der Waals surface area contributed by atoms with Gasteiger partial charge in [-0.05, 0) is 31.7 Å². The Balaban J connectivity index is 2.17. The summed E-state index contributed by atoms with van der Waals surface area (Å²) >= 11 is 0. The molecule has 2 N–H and O–H groups in total. The first kappa shape index (κ1) is 16.5. The third-order valence-electron chi connectivity index (χ3n) is 4.77. The van der Waals surface area contributed by atoms with E-state index in [1.165, 1.54) is 0 Å². The highest BCUT2D eigenvalue weighted by Crippen LogP contribution is 2.30. The van der Waals surface area contributed by atoms with Crippen LogP contribution in [0.25, 0.3) is 0 Å². The smallest absolute Gasteiger partial charge is 0.305 e. The maximum atomic E-state index is 12.6. The van der Waals surface area contributed by atoms with Crippen molar-refractivity contribution in [3.05, 3.63) is 18.0 Å². The van der Waals surface area contributed by atoms with E-state index in [9.17, 15) is 9.59 Å². The van der Waals surface area contributed by atoms with Gasteiger partial charge in [-0.1, -0.05) is 26.7 Å². The largest absolute Gasteiger partial charge is 0.481 e. The van der Waals surface area contributed by atoms with Crippen LogP contribution in [0.15, 0.2) is 12.3 Å². The van der Waals surface area contributed by atoms with Crippen LogP contribution >= 0.6 is 0 Å². The number of aromatic nitrogens is 2. The zero-order chi connectivity index (χ0) is 16.3. The maximum absolute atomic E-state index is 12.6. The summed E-state index contributed by atoms with van der Waals surface area (Å²) in [4.78, 5) is 23.7. The molecule has 1 saturated carbocycles. The molecule has 1 aromatic heterocycles. The topological polar surface area (TPSA) is 84.2 Å². The van der Waals surface area contributed by atoms with E-state index in [1.807, 2.05) is 13.8 Å². The van der Waals surface area contributed by atoms with Gasteiger partial charge in [-0.15, -0.1) is 0 Å². The SMILES string of the molecule is CC(C)C(C)(CC(=O)O)NC(=O)c1ccnn1C1CCCC1. The molecule has 1 unspecified atom stereocenters. The molecule has 6 heteroatoms.